The molecule has 0 bridgehead atoms. The molecule has 2 aliphatic rings. The molecule has 1 aromatic heterocycles. The number of likely N-dealkylation sites (tertiary alicyclic amines) is 1. The van der Waals surface area contributed by atoms with E-state index in [0.717, 1.165) is 36.9 Å². The van der Waals surface area contributed by atoms with Crippen molar-refractivity contribution in [3.63, 3.8) is 0 Å². The Balaban J connectivity index is 1.53. The van der Waals surface area contributed by atoms with Crippen LogP contribution in [0.25, 0.3) is 0 Å². The Morgan fingerprint density at radius 2 is 2.17 bits per heavy atom. The van der Waals surface area contributed by atoms with Gasteiger partial charge < -0.3 is 4.90 Å². The van der Waals surface area contributed by atoms with Gasteiger partial charge in [0.05, 0.1) is 6.04 Å². The van der Waals surface area contributed by atoms with E-state index in [1.807, 2.05) is 10.3 Å². The Morgan fingerprint density at radius 1 is 1.29 bits per heavy atom. The predicted octanol–water partition coefficient (Wildman–Crippen LogP) is 4.28. The molecule has 2 fully saturated rings. The number of hydrogen-bond donors (Lipinski definition) is 0. The molecule has 1 aliphatic carbocycles. The third-order valence-electron chi connectivity index (χ3n) is 5.01. The van der Waals surface area contributed by atoms with Gasteiger partial charge in [0.1, 0.15) is 5.01 Å². The molecule has 1 aromatic carbocycles. The van der Waals surface area contributed by atoms with Crippen LogP contribution in [0.5, 0.6) is 0 Å². The molecule has 0 N–H and O–H groups in total. The fourth-order valence-electron chi connectivity index (χ4n) is 3.68. The summed E-state index contributed by atoms with van der Waals surface area (Å²) in [7, 11) is 0. The average Bonchev–Trinajstić information content (AvgIpc) is 3.20. The van der Waals surface area contributed by atoms with E-state index in [2.05, 4.69) is 4.98 Å². The van der Waals surface area contributed by atoms with Crippen LogP contribution in [0.15, 0.2) is 29.8 Å². The van der Waals surface area contributed by atoms with Gasteiger partial charge in [-0.15, -0.1) is 11.3 Å². The third kappa shape index (κ3) is 2.73. The third-order valence-corrected chi connectivity index (χ3v) is 5.89. The van der Waals surface area contributed by atoms with Crippen LogP contribution in [0.1, 0.15) is 48.2 Å². The normalized spacial score (nSPS) is 26.4. The molecular weight excluding hydrogens is 330 g/mol. The summed E-state index contributed by atoms with van der Waals surface area (Å²) >= 11 is 1.57. The molecule has 1 aliphatic heterocycles. The highest BCUT2D eigenvalue weighted by molar-refractivity contribution is 7.09. The van der Waals surface area contributed by atoms with Crippen molar-refractivity contribution in [2.75, 3.05) is 6.54 Å². The number of nitrogens with zero attached hydrogens (tertiary/aromatic N) is 2. The number of piperidine rings is 1. The quantitative estimate of drug-likeness (QED) is 0.829. The topological polar surface area (TPSA) is 33.2 Å². The highest BCUT2D eigenvalue weighted by Crippen LogP contribution is 2.50. The van der Waals surface area contributed by atoms with E-state index >= 15 is 0 Å². The summed E-state index contributed by atoms with van der Waals surface area (Å²) in [6.45, 7) is 0.720. The zero-order valence-corrected chi connectivity index (χ0v) is 13.9. The lowest BCUT2D eigenvalue weighted by atomic mass is 10.0. The second-order valence-corrected chi connectivity index (χ2v) is 7.43. The van der Waals surface area contributed by atoms with Crippen LogP contribution in [0.3, 0.4) is 0 Å². The van der Waals surface area contributed by atoms with Crippen LogP contribution in [0, 0.1) is 17.6 Å². The first-order chi connectivity index (χ1) is 11.7. The van der Waals surface area contributed by atoms with Crippen molar-refractivity contribution in [3.8, 4) is 0 Å². The fourth-order valence-corrected chi connectivity index (χ4v) is 4.47. The van der Waals surface area contributed by atoms with Crippen molar-refractivity contribution >= 4 is 17.2 Å². The summed E-state index contributed by atoms with van der Waals surface area (Å²) in [5, 5.41) is 2.89. The summed E-state index contributed by atoms with van der Waals surface area (Å²) in [6.07, 6.45) is 5.35. The molecule has 4 rings (SSSR count). The fraction of sp³-hybridized carbons (Fsp3) is 0.444. The predicted molar refractivity (Wildman–Crippen MR) is 87.6 cm³/mol. The van der Waals surface area contributed by atoms with Crippen LogP contribution in [0.4, 0.5) is 8.78 Å². The number of benzene rings is 1. The first-order valence-corrected chi connectivity index (χ1v) is 9.18. The average molecular weight is 348 g/mol. The van der Waals surface area contributed by atoms with Gasteiger partial charge in [-0.05, 0) is 43.2 Å². The molecule has 0 unspecified atom stereocenters. The van der Waals surface area contributed by atoms with Crippen LogP contribution in [-0.4, -0.2) is 22.3 Å². The number of halogens is 2. The number of rotatable bonds is 3. The van der Waals surface area contributed by atoms with Crippen molar-refractivity contribution in [2.24, 2.45) is 5.92 Å². The maximum atomic E-state index is 14.0. The molecule has 0 radical (unpaired) electrons. The van der Waals surface area contributed by atoms with E-state index in [-0.39, 0.29) is 23.8 Å². The molecule has 3 atom stereocenters. The zero-order valence-electron chi connectivity index (χ0n) is 13.1. The van der Waals surface area contributed by atoms with Gasteiger partial charge >= 0.3 is 0 Å². The number of carbonyl (C=O) groups is 1. The molecule has 1 amide bonds. The zero-order chi connectivity index (χ0) is 16.7. The second-order valence-electron chi connectivity index (χ2n) is 6.51. The Kier molecular flexibility index (Phi) is 4.08. The first-order valence-electron chi connectivity index (χ1n) is 8.30. The lowest BCUT2D eigenvalue weighted by molar-refractivity contribution is -0.136. The van der Waals surface area contributed by atoms with Crippen LogP contribution < -0.4 is 0 Å². The largest absolute Gasteiger partial charge is 0.333 e. The highest BCUT2D eigenvalue weighted by atomic mass is 32.1. The number of amides is 1. The van der Waals surface area contributed by atoms with E-state index in [9.17, 15) is 13.6 Å². The van der Waals surface area contributed by atoms with Gasteiger partial charge in [0.25, 0.3) is 0 Å². The van der Waals surface area contributed by atoms with Crippen molar-refractivity contribution in [1.29, 1.82) is 0 Å². The Hall–Kier alpha value is -1.82. The van der Waals surface area contributed by atoms with E-state index in [4.69, 9.17) is 0 Å². The van der Waals surface area contributed by atoms with Gasteiger partial charge in [-0.2, -0.15) is 0 Å². The van der Waals surface area contributed by atoms with E-state index in [1.54, 1.807) is 23.6 Å². The number of thiazole rings is 1. The summed E-state index contributed by atoms with van der Waals surface area (Å²) in [4.78, 5) is 19.2. The molecule has 24 heavy (non-hydrogen) atoms. The SMILES string of the molecule is O=C([C@@H]1C[C@@H]1c1cccc(F)c1F)N1CCCC[C@H]1c1nccs1. The van der Waals surface area contributed by atoms with Gasteiger partial charge in [0.15, 0.2) is 11.6 Å². The molecule has 2 heterocycles. The van der Waals surface area contributed by atoms with E-state index < -0.39 is 11.6 Å². The minimum Gasteiger partial charge on any atom is -0.333 e. The van der Waals surface area contributed by atoms with E-state index in [1.165, 1.54) is 6.07 Å². The maximum Gasteiger partial charge on any atom is 0.226 e. The molecule has 126 valence electrons. The molecule has 0 spiro atoms. The minimum atomic E-state index is -0.843. The Labute approximate surface area is 143 Å². The number of hydrogen-bond acceptors (Lipinski definition) is 3. The van der Waals surface area contributed by atoms with Gasteiger partial charge in [0, 0.05) is 24.0 Å². The number of aromatic nitrogens is 1. The van der Waals surface area contributed by atoms with Gasteiger partial charge in [-0.25, -0.2) is 13.8 Å². The Morgan fingerprint density at radius 3 is 2.96 bits per heavy atom. The second kappa shape index (κ2) is 6.24. The van der Waals surface area contributed by atoms with Crippen molar-refractivity contribution in [3.05, 3.63) is 52.0 Å². The van der Waals surface area contributed by atoms with Crippen LogP contribution in [0.2, 0.25) is 0 Å². The lowest BCUT2D eigenvalue weighted by Crippen LogP contribution is -2.39. The molecule has 1 saturated heterocycles. The molecule has 6 heteroatoms. The van der Waals surface area contributed by atoms with Crippen LogP contribution >= 0.6 is 11.3 Å². The Bertz CT molecular complexity index is 749. The lowest BCUT2D eigenvalue weighted by Gasteiger charge is -2.34. The first kappa shape index (κ1) is 15.7. The monoisotopic (exact) mass is 348 g/mol. The molecule has 3 nitrogen and oxygen atoms in total. The standard InChI is InChI=1S/C18H18F2N2OS/c19-14-5-3-4-11(16(14)20)12-10-13(12)18(23)22-8-2-1-6-15(22)17-21-7-9-24-17/h3-5,7,9,12-13,15H,1-2,6,8,10H2/t12-,13-,15+/m1/s1. The van der Waals surface area contributed by atoms with E-state index in [0.29, 0.717) is 12.0 Å². The molecule has 2 aromatic rings. The van der Waals surface area contributed by atoms with Gasteiger partial charge in [0.2, 0.25) is 5.91 Å². The minimum absolute atomic E-state index is 0.0323. The molecule has 1 saturated carbocycles. The van der Waals surface area contributed by atoms with Crippen molar-refractivity contribution < 1.29 is 13.6 Å². The number of carbonyl (C=O) groups excluding carboxylic acids is 1. The maximum absolute atomic E-state index is 14.0. The summed E-state index contributed by atoms with van der Waals surface area (Å²) < 4.78 is 27.4. The highest BCUT2D eigenvalue weighted by Gasteiger charge is 2.48. The smallest absolute Gasteiger partial charge is 0.226 e. The van der Waals surface area contributed by atoms with Crippen LogP contribution in [-0.2, 0) is 4.79 Å². The van der Waals surface area contributed by atoms with Gasteiger partial charge in [-0.3, -0.25) is 4.79 Å². The summed E-state index contributed by atoms with van der Waals surface area (Å²) in [6, 6.07) is 4.24. The summed E-state index contributed by atoms with van der Waals surface area (Å²) in [5.74, 6) is -2.03. The van der Waals surface area contributed by atoms with Gasteiger partial charge in [-0.1, -0.05) is 12.1 Å². The summed E-state index contributed by atoms with van der Waals surface area (Å²) in [5.41, 5.74) is 0.330. The van der Waals surface area contributed by atoms with Crippen molar-refractivity contribution in [2.45, 2.75) is 37.6 Å². The molecular formula is C18H18F2N2OS. The van der Waals surface area contributed by atoms with Crippen molar-refractivity contribution in [1.82, 2.24) is 9.88 Å².